The van der Waals surface area contributed by atoms with Crippen LogP contribution in [0.3, 0.4) is 0 Å². The molecule has 1 aromatic carbocycles. The quantitative estimate of drug-likeness (QED) is 0.790. The van der Waals surface area contributed by atoms with Crippen LogP contribution in [0.4, 0.5) is 18.9 Å². The lowest BCUT2D eigenvalue weighted by molar-refractivity contribution is -0.137. The zero-order valence-electron chi connectivity index (χ0n) is 14.7. The fraction of sp³-hybridized carbons (Fsp3) is 0.471. The second-order valence-corrected chi connectivity index (χ2v) is 6.90. The summed E-state index contributed by atoms with van der Waals surface area (Å²) in [5, 5.41) is 3.68. The van der Waals surface area contributed by atoms with E-state index in [-0.39, 0.29) is 16.8 Å². The van der Waals surface area contributed by atoms with Crippen molar-refractivity contribution in [2.24, 2.45) is 5.92 Å². The van der Waals surface area contributed by atoms with Crippen molar-refractivity contribution in [3.8, 4) is 0 Å². The Hall–Kier alpha value is -2.29. The Morgan fingerprint density at radius 2 is 1.96 bits per heavy atom. The van der Waals surface area contributed by atoms with E-state index >= 15 is 0 Å². The second-order valence-electron chi connectivity index (χ2n) is 6.49. The molecule has 1 fully saturated rings. The topological polar surface area (TPSA) is 54.3 Å². The van der Waals surface area contributed by atoms with Crippen LogP contribution in [0.1, 0.15) is 12.5 Å². The van der Waals surface area contributed by atoms with Gasteiger partial charge in [0.15, 0.2) is 0 Å². The van der Waals surface area contributed by atoms with Crippen molar-refractivity contribution in [2.45, 2.75) is 19.6 Å². The van der Waals surface area contributed by atoms with Gasteiger partial charge in [0, 0.05) is 31.9 Å². The van der Waals surface area contributed by atoms with Crippen LogP contribution >= 0.6 is 11.6 Å². The Morgan fingerprint density at radius 3 is 2.56 bits per heavy atom. The maximum absolute atomic E-state index is 13.0. The highest BCUT2D eigenvalue weighted by molar-refractivity contribution is 6.31. The minimum Gasteiger partial charge on any atom is -0.368 e. The number of rotatable bonds is 4. The summed E-state index contributed by atoms with van der Waals surface area (Å²) in [5.74, 6) is -0.261. The third kappa shape index (κ3) is 4.52. The number of aromatic nitrogens is 3. The van der Waals surface area contributed by atoms with Crippen molar-refractivity contribution in [1.82, 2.24) is 19.7 Å². The Labute approximate surface area is 159 Å². The third-order valence-corrected chi connectivity index (χ3v) is 4.89. The zero-order chi connectivity index (χ0) is 19.6. The molecule has 3 rings (SSSR count). The van der Waals surface area contributed by atoms with E-state index < -0.39 is 11.7 Å². The van der Waals surface area contributed by atoms with Crippen LogP contribution in [0.15, 0.2) is 30.9 Å². The van der Waals surface area contributed by atoms with Gasteiger partial charge in [0.1, 0.15) is 12.7 Å². The molecule has 1 unspecified atom stereocenters. The van der Waals surface area contributed by atoms with Crippen LogP contribution in [-0.4, -0.2) is 51.8 Å². The molecule has 1 aliphatic rings. The largest absolute Gasteiger partial charge is 0.417 e. The Kier molecular flexibility index (Phi) is 5.59. The summed E-state index contributed by atoms with van der Waals surface area (Å²) >= 11 is 5.67. The standard InChI is InChI=1S/C17H19ClF3N5O/c1-12(9-26-11-22-10-23-26)16(27)25-6-4-24(5-7-25)13-2-3-15(18)14(8-13)17(19,20)21/h2-3,8,10-12H,4-7,9H2,1H3. The van der Waals surface area contributed by atoms with E-state index in [0.29, 0.717) is 38.4 Å². The van der Waals surface area contributed by atoms with Crippen LogP contribution in [0.25, 0.3) is 0 Å². The normalized spacial score (nSPS) is 16.5. The van der Waals surface area contributed by atoms with Crippen molar-refractivity contribution < 1.29 is 18.0 Å². The fourth-order valence-electron chi connectivity index (χ4n) is 3.11. The summed E-state index contributed by atoms with van der Waals surface area (Å²) in [6.45, 7) is 4.08. The molecule has 1 aromatic heterocycles. The van der Waals surface area contributed by atoms with Crippen molar-refractivity contribution in [3.63, 3.8) is 0 Å². The number of amides is 1. The van der Waals surface area contributed by atoms with E-state index in [0.717, 1.165) is 6.07 Å². The summed E-state index contributed by atoms with van der Waals surface area (Å²) in [7, 11) is 0. The Morgan fingerprint density at radius 1 is 1.26 bits per heavy atom. The monoisotopic (exact) mass is 401 g/mol. The van der Waals surface area contributed by atoms with E-state index in [9.17, 15) is 18.0 Å². The van der Waals surface area contributed by atoms with Crippen LogP contribution in [0.2, 0.25) is 5.02 Å². The molecule has 6 nitrogen and oxygen atoms in total. The summed E-state index contributed by atoms with van der Waals surface area (Å²) in [4.78, 5) is 20.0. The summed E-state index contributed by atoms with van der Waals surface area (Å²) in [6.07, 6.45) is -1.53. The number of benzene rings is 1. The number of carbonyl (C=O) groups excluding carboxylic acids is 1. The van der Waals surface area contributed by atoms with E-state index in [1.807, 2.05) is 11.8 Å². The van der Waals surface area contributed by atoms with Crippen molar-refractivity contribution in [2.75, 3.05) is 31.1 Å². The molecule has 2 aromatic rings. The van der Waals surface area contributed by atoms with Crippen molar-refractivity contribution in [3.05, 3.63) is 41.4 Å². The number of nitrogens with zero attached hydrogens (tertiary/aromatic N) is 5. The lowest BCUT2D eigenvalue weighted by Crippen LogP contribution is -2.50. The van der Waals surface area contributed by atoms with Crippen LogP contribution in [-0.2, 0) is 17.5 Å². The molecule has 1 aliphatic heterocycles. The predicted octanol–water partition coefficient (Wildman–Crippen LogP) is 2.94. The Balaban J connectivity index is 1.61. The number of hydrogen-bond acceptors (Lipinski definition) is 4. The molecule has 0 N–H and O–H groups in total. The summed E-state index contributed by atoms with van der Waals surface area (Å²) in [6, 6.07) is 3.90. The molecule has 0 bridgehead atoms. The van der Waals surface area contributed by atoms with Crippen LogP contribution < -0.4 is 4.90 Å². The average Bonchev–Trinajstić information content (AvgIpc) is 3.13. The molecular weight excluding hydrogens is 383 g/mol. The van der Waals surface area contributed by atoms with Gasteiger partial charge in [-0.25, -0.2) is 4.98 Å². The molecule has 27 heavy (non-hydrogen) atoms. The highest BCUT2D eigenvalue weighted by Gasteiger charge is 2.34. The number of hydrogen-bond donors (Lipinski definition) is 0. The molecule has 2 heterocycles. The Bertz CT molecular complexity index is 788. The van der Waals surface area contributed by atoms with Crippen molar-refractivity contribution in [1.29, 1.82) is 0 Å². The van der Waals surface area contributed by atoms with Gasteiger partial charge in [-0.3, -0.25) is 9.48 Å². The molecule has 0 aliphatic carbocycles. The van der Waals surface area contributed by atoms with Gasteiger partial charge < -0.3 is 9.80 Å². The van der Waals surface area contributed by atoms with Gasteiger partial charge in [0.25, 0.3) is 0 Å². The van der Waals surface area contributed by atoms with Gasteiger partial charge in [-0.2, -0.15) is 18.3 Å². The number of alkyl halides is 3. The van der Waals surface area contributed by atoms with Gasteiger partial charge in [-0.1, -0.05) is 18.5 Å². The molecule has 1 saturated heterocycles. The second kappa shape index (κ2) is 7.75. The maximum Gasteiger partial charge on any atom is 0.417 e. The van der Waals surface area contributed by atoms with Gasteiger partial charge in [0.05, 0.1) is 23.0 Å². The number of piperazine rings is 1. The molecule has 0 spiro atoms. The summed E-state index contributed by atoms with van der Waals surface area (Å²) < 4.78 is 40.7. The maximum atomic E-state index is 13.0. The molecular formula is C17H19ClF3N5O. The lowest BCUT2D eigenvalue weighted by Gasteiger charge is -2.37. The molecule has 0 saturated carbocycles. The minimum absolute atomic E-state index is 0.00256. The third-order valence-electron chi connectivity index (χ3n) is 4.56. The van der Waals surface area contributed by atoms with Crippen LogP contribution in [0, 0.1) is 5.92 Å². The first-order chi connectivity index (χ1) is 12.8. The molecule has 1 atom stereocenters. The molecule has 10 heteroatoms. The van der Waals surface area contributed by atoms with Crippen molar-refractivity contribution >= 4 is 23.2 Å². The number of carbonyl (C=O) groups is 1. The number of anilines is 1. The van der Waals surface area contributed by atoms with Crippen LogP contribution in [0.5, 0.6) is 0 Å². The van der Waals surface area contributed by atoms with E-state index in [1.165, 1.54) is 12.4 Å². The predicted molar refractivity (Wildman–Crippen MR) is 94.4 cm³/mol. The molecule has 1 amide bonds. The van der Waals surface area contributed by atoms with Gasteiger partial charge in [0.2, 0.25) is 5.91 Å². The first kappa shape index (κ1) is 19.5. The smallest absolute Gasteiger partial charge is 0.368 e. The zero-order valence-corrected chi connectivity index (χ0v) is 15.4. The fourth-order valence-corrected chi connectivity index (χ4v) is 3.33. The first-order valence-corrected chi connectivity index (χ1v) is 8.86. The highest BCUT2D eigenvalue weighted by Crippen LogP contribution is 2.37. The van der Waals surface area contributed by atoms with Gasteiger partial charge in [-0.15, -0.1) is 0 Å². The first-order valence-electron chi connectivity index (χ1n) is 8.48. The highest BCUT2D eigenvalue weighted by atomic mass is 35.5. The average molecular weight is 402 g/mol. The SMILES string of the molecule is CC(Cn1cncn1)C(=O)N1CCN(c2ccc(Cl)c(C(F)(F)F)c2)CC1. The van der Waals surface area contributed by atoms with Gasteiger partial charge in [-0.05, 0) is 18.2 Å². The lowest BCUT2D eigenvalue weighted by atomic mass is 10.1. The number of halogens is 4. The van der Waals surface area contributed by atoms with E-state index in [4.69, 9.17) is 11.6 Å². The molecule has 0 radical (unpaired) electrons. The molecule has 146 valence electrons. The van der Waals surface area contributed by atoms with E-state index in [2.05, 4.69) is 10.1 Å². The minimum atomic E-state index is -4.50. The summed E-state index contributed by atoms with van der Waals surface area (Å²) in [5.41, 5.74) is -0.392. The van der Waals surface area contributed by atoms with Gasteiger partial charge >= 0.3 is 6.18 Å². The van der Waals surface area contributed by atoms with E-state index in [1.54, 1.807) is 22.0 Å².